The number of aliphatic hydroxyl groups is 1. The zero-order valence-electron chi connectivity index (χ0n) is 6.51. The van der Waals surface area contributed by atoms with Crippen LogP contribution in [0.2, 0.25) is 0 Å². The summed E-state index contributed by atoms with van der Waals surface area (Å²) in [6.07, 6.45) is 0. The van der Waals surface area contributed by atoms with E-state index in [2.05, 4.69) is 14.9 Å². The number of aliphatic hydroxyl groups excluding tert-OH is 1. The maximum absolute atomic E-state index is 8.87. The Balaban J connectivity index is 2.56. The Morgan fingerprint density at radius 2 is 2.45 bits per heavy atom. The van der Waals surface area contributed by atoms with Gasteiger partial charge in [0.2, 0.25) is 0 Å². The van der Waals surface area contributed by atoms with E-state index in [1.54, 1.807) is 0 Å². The van der Waals surface area contributed by atoms with Gasteiger partial charge in [-0.1, -0.05) is 5.11 Å². The Morgan fingerprint density at radius 1 is 1.73 bits per heavy atom. The first-order valence-corrected chi connectivity index (χ1v) is 3.61. The molecule has 0 aromatic carbocycles. The number of likely N-dealkylation sites (N-methyl/N-ethyl adjacent to an activating group) is 1. The SMILES string of the molecule is CN1C[C@H](CO)[C@@H](N=[N+]=[N-])C1. The van der Waals surface area contributed by atoms with Crippen LogP contribution >= 0.6 is 0 Å². The van der Waals surface area contributed by atoms with Crippen LogP contribution in [0.5, 0.6) is 0 Å². The molecule has 1 aliphatic heterocycles. The Kier molecular flexibility index (Phi) is 2.70. The molecule has 0 saturated carbocycles. The van der Waals surface area contributed by atoms with Crippen LogP contribution in [0.1, 0.15) is 0 Å². The largest absolute Gasteiger partial charge is 0.396 e. The van der Waals surface area contributed by atoms with Crippen LogP contribution in [0, 0.1) is 5.92 Å². The predicted molar refractivity (Wildman–Crippen MR) is 41.0 cm³/mol. The molecule has 1 N–H and O–H groups in total. The fraction of sp³-hybridized carbons (Fsp3) is 1.00. The molecule has 1 aliphatic rings. The molecule has 11 heavy (non-hydrogen) atoms. The van der Waals surface area contributed by atoms with E-state index in [4.69, 9.17) is 10.6 Å². The van der Waals surface area contributed by atoms with Gasteiger partial charge in [0.1, 0.15) is 0 Å². The molecule has 0 aromatic heterocycles. The Bertz CT molecular complexity index is 177. The average molecular weight is 156 g/mol. The third kappa shape index (κ3) is 1.83. The Hall–Kier alpha value is -0.770. The van der Waals surface area contributed by atoms with E-state index in [0.29, 0.717) is 0 Å². The van der Waals surface area contributed by atoms with Crippen molar-refractivity contribution in [1.82, 2.24) is 4.90 Å². The van der Waals surface area contributed by atoms with Crippen molar-refractivity contribution in [3.8, 4) is 0 Å². The van der Waals surface area contributed by atoms with Crippen LogP contribution in [-0.4, -0.2) is 42.8 Å². The van der Waals surface area contributed by atoms with Gasteiger partial charge in [-0.2, -0.15) is 0 Å². The molecule has 62 valence electrons. The fourth-order valence-corrected chi connectivity index (χ4v) is 1.44. The highest BCUT2D eigenvalue weighted by Gasteiger charge is 2.28. The minimum atomic E-state index is -0.0463. The molecule has 2 atom stereocenters. The fourth-order valence-electron chi connectivity index (χ4n) is 1.44. The lowest BCUT2D eigenvalue weighted by Gasteiger charge is -2.07. The number of likely N-dealkylation sites (tertiary alicyclic amines) is 1. The second-order valence-corrected chi connectivity index (χ2v) is 2.94. The molecule has 5 heteroatoms. The zero-order chi connectivity index (χ0) is 8.27. The van der Waals surface area contributed by atoms with Crippen molar-refractivity contribution in [2.75, 3.05) is 26.7 Å². The van der Waals surface area contributed by atoms with Crippen LogP contribution in [0.15, 0.2) is 5.11 Å². The van der Waals surface area contributed by atoms with E-state index in [0.717, 1.165) is 13.1 Å². The first-order chi connectivity index (χ1) is 5.27. The third-order valence-corrected chi connectivity index (χ3v) is 2.02. The van der Waals surface area contributed by atoms with Crippen LogP contribution < -0.4 is 0 Å². The summed E-state index contributed by atoms with van der Waals surface area (Å²) < 4.78 is 0. The van der Waals surface area contributed by atoms with Gasteiger partial charge in [-0.05, 0) is 12.6 Å². The van der Waals surface area contributed by atoms with Gasteiger partial charge in [0.25, 0.3) is 0 Å². The van der Waals surface area contributed by atoms with Gasteiger partial charge < -0.3 is 10.0 Å². The van der Waals surface area contributed by atoms with E-state index < -0.39 is 0 Å². The maximum atomic E-state index is 8.87. The molecule has 1 rings (SSSR count). The monoisotopic (exact) mass is 156 g/mol. The van der Waals surface area contributed by atoms with Gasteiger partial charge >= 0.3 is 0 Å². The number of azide groups is 1. The smallest absolute Gasteiger partial charge is 0.0563 e. The normalized spacial score (nSPS) is 31.8. The maximum Gasteiger partial charge on any atom is 0.0563 e. The van der Waals surface area contributed by atoms with Crippen molar-refractivity contribution in [3.63, 3.8) is 0 Å². The second kappa shape index (κ2) is 3.57. The van der Waals surface area contributed by atoms with Crippen molar-refractivity contribution in [3.05, 3.63) is 10.4 Å². The molecule has 0 bridgehead atoms. The summed E-state index contributed by atoms with van der Waals surface area (Å²) in [7, 11) is 1.95. The molecular weight excluding hydrogens is 144 g/mol. The van der Waals surface area contributed by atoms with Gasteiger partial charge in [0.05, 0.1) is 6.04 Å². The lowest BCUT2D eigenvalue weighted by molar-refractivity contribution is 0.220. The highest BCUT2D eigenvalue weighted by Crippen LogP contribution is 2.17. The number of hydrogen-bond acceptors (Lipinski definition) is 3. The molecule has 1 fully saturated rings. The molecule has 0 spiro atoms. The molecule has 0 unspecified atom stereocenters. The lowest BCUT2D eigenvalue weighted by Crippen LogP contribution is -2.18. The highest BCUT2D eigenvalue weighted by atomic mass is 16.3. The van der Waals surface area contributed by atoms with Gasteiger partial charge in [0.15, 0.2) is 0 Å². The van der Waals surface area contributed by atoms with Crippen LogP contribution in [-0.2, 0) is 0 Å². The summed E-state index contributed by atoms with van der Waals surface area (Å²) in [4.78, 5) is 4.79. The van der Waals surface area contributed by atoms with Crippen LogP contribution in [0.3, 0.4) is 0 Å². The van der Waals surface area contributed by atoms with Crippen molar-refractivity contribution in [2.45, 2.75) is 6.04 Å². The van der Waals surface area contributed by atoms with Crippen molar-refractivity contribution >= 4 is 0 Å². The number of rotatable bonds is 2. The summed E-state index contributed by atoms with van der Waals surface area (Å²) in [6.45, 7) is 1.68. The van der Waals surface area contributed by atoms with E-state index in [9.17, 15) is 0 Å². The van der Waals surface area contributed by atoms with E-state index in [1.165, 1.54) is 0 Å². The number of hydrogen-bond donors (Lipinski definition) is 1. The predicted octanol–water partition coefficient (Wildman–Crippen LogP) is 0.219. The molecule has 0 amide bonds. The van der Waals surface area contributed by atoms with Crippen molar-refractivity contribution in [2.24, 2.45) is 11.0 Å². The molecule has 0 aromatic rings. The molecule has 1 saturated heterocycles. The quantitative estimate of drug-likeness (QED) is 0.353. The standard InChI is InChI=1S/C6H12N4O/c1-10-2-5(4-11)6(3-10)8-9-7/h5-6,11H,2-4H2,1H3/t5-,6+/m1/s1. The summed E-state index contributed by atoms with van der Waals surface area (Å²) in [5, 5.41) is 12.5. The first kappa shape index (κ1) is 8.33. The summed E-state index contributed by atoms with van der Waals surface area (Å²) >= 11 is 0. The molecule has 1 heterocycles. The van der Waals surface area contributed by atoms with Crippen molar-refractivity contribution < 1.29 is 5.11 Å². The lowest BCUT2D eigenvalue weighted by atomic mass is 10.1. The van der Waals surface area contributed by atoms with Crippen LogP contribution in [0.25, 0.3) is 10.4 Å². The molecule has 5 nitrogen and oxygen atoms in total. The van der Waals surface area contributed by atoms with E-state index in [1.807, 2.05) is 7.05 Å². The Labute approximate surface area is 65.2 Å². The highest BCUT2D eigenvalue weighted by molar-refractivity contribution is 4.87. The summed E-state index contributed by atoms with van der Waals surface area (Å²) in [5.41, 5.74) is 8.18. The van der Waals surface area contributed by atoms with E-state index in [-0.39, 0.29) is 18.6 Å². The topological polar surface area (TPSA) is 72.2 Å². The Morgan fingerprint density at radius 3 is 3.00 bits per heavy atom. The zero-order valence-corrected chi connectivity index (χ0v) is 6.51. The minimum absolute atomic E-state index is 0.0463. The second-order valence-electron chi connectivity index (χ2n) is 2.94. The first-order valence-electron chi connectivity index (χ1n) is 3.61. The van der Waals surface area contributed by atoms with E-state index >= 15 is 0 Å². The molecule has 0 radical (unpaired) electrons. The van der Waals surface area contributed by atoms with Gasteiger partial charge in [-0.15, -0.1) is 0 Å². The molecular formula is C6H12N4O. The van der Waals surface area contributed by atoms with Crippen LogP contribution in [0.4, 0.5) is 0 Å². The summed E-state index contributed by atoms with van der Waals surface area (Å²) in [5.74, 6) is 0.121. The van der Waals surface area contributed by atoms with Gasteiger partial charge in [-0.3, -0.25) is 0 Å². The number of nitrogens with zero attached hydrogens (tertiary/aromatic N) is 4. The van der Waals surface area contributed by atoms with Gasteiger partial charge in [0, 0.05) is 30.5 Å². The van der Waals surface area contributed by atoms with Crippen molar-refractivity contribution in [1.29, 1.82) is 0 Å². The average Bonchev–Trinajstić information content (AvgIpc) is 2.32. The molecule has 0 aliphatic carbocycles. The summed E-state index contributed by atoms with van der Waals surface area (Å²) in [6, 6.07) is -0.0463. The minimum Gasteiger partial charge on any atom is -0.396 e. The van der Waals surface area contributed by atoms with Gasteiger partial charge in [-0.25, -0.2) is 0 Å². The third-order valence-electron chi connectivity index (χ3n) is 2.02.